The molecule has 15 heteroatoms. The van der Waals surface area contributed by atoms with Crippen molar-refractivity contribution >= 4 is 60.6 Å². The first-order valence-electron chi connectivity index (χ1n) is 17.3. The molecular weight excluding hydrogens is 713 g/mol. The number of halogens is 4. The Hall–Kier alpha value is -4.58. The third kappa shape index (κ3) is 5.70. The van der Waals surface area contributed by atoms with Gasteiger partial charge >= 0.3 is 6.01 Å². The van der Waals surface area contributed by atoms with E-state index in [-0.39, 0.29) is 84.1 Å². The normalized spacial score (nSPS) is 21.6. The number of alkyl halides is 1. The van der Waals surface area contributed by atoms with Crippen LogP contribution in [0, 0.1) is 28.9 Å². The van der Waals surface area contributed by atoms with Crippen LogP contribution in [-0.4, -0.2) is 64.9 Å². The van der Waals surface area contributed by atoms with Crippen LogP contribution < -0.4 is 25.8 Å². The third-order valence-electron chi connectivity index (χ3n) is 10.7. The molecule has 4 N–H and O–H groups in total. The molecule has 0 bridgehead atoms. The second-order valence-electron chi connectivity index (χ2n) is 13.7. The maximum absolute atomic E-state index is 16.9. The summed E-state index contributed by atoms with van der Waals surface area (Å²) >= 11 is 7.95. The number of nitrogens with zero attached hydrogens (tertiary/aromatic N) is 6. The molecule has 6 heterocycles. The highest BCUT2D eigenvalue weighted by molar-refractivity contribution is 7.23. The van der Waals surface area contributed by atoms with Crippen molar-refractivity contribution in [2.24, 2.45) is 5.92 Å². The van der Waals surface area contributed by atoms with Crippen LogP contribution >= 0.6 is 22.9 Å². The Morgan fingerprint density at radius 1 is 1.15 bits per heavy atom. The lowest BCUT2D eigenvalue weighted by Gasteiger charge is -2.37. The summed E-state index contributed by atoms with van der Waals surface area (Å²) in [6.45, 7) is 4.07. The summed E-state index contributed by atoms with van der Waals surface area (Å²) < 4.78 is 56.4. The average molecular weight is 749 g/mol. The summed E-state index contributed by atoms with van der Waals surface area (Å²) in [7, 11) is 1.40. The van der Waals surface area contributed by atoms with Crippen molar-refractivity contribution in [2.45, 2.75) is 63.3 Å². The molecule has 4 unspecified atom stereocenters. The number of hydrogen-bond acceptors (Lipinski definition) is 11. The summed E-state index contributed by atoms with van der Waals surface area (Å²) in [5.74, 6) is -0.149. The van der Waals surface area contributed by atoms with Gasteiger partial charge in [-0.15, -0.1) is 11.3 Å². The molecule has 52 heavy (non-hydrogen) atoms. The van der Waals surface area contributed by atoms with Gasteiger partial charge in [0.25, 0.3) is 0 Å². The van der Waals surface area contributed by atoms with Gasteiger partial charge in [0.2, 0.25) is 0 Å². The maximum atomic E-state index is 16.9. The SMILES string of the molecule is COc1nc2c3c(c(Cl)c(-c4ccc(F)c5sc(N)c(C#N)c45)c(F)c3n1)OCC(C1CC1)N2C(C)c1cccnc1N.FC1CC2CCCN2C1. The Morgan fingerprint density at radius 2 is 1.96 bits per heavy atom. The predicted octanol–water partition coefficient (Wildman–Crippen LogP) is 7.81. The first-order chi connectivity index (χ1) is 25.1. The van der Waals surface area contributed by atoms with Crippen LogP contribution in [0.3, 0.4) is 0 Å². The van der Waals surface area contributed by atoms with Crippen molar-refractivity contribution < 1.29 is 22.6 Å². The predicted molar refractivity (Wildman–Crippen MR) is 197 cm³/mol. The Kier molecular flexibility index (Phi) is 8.92. The Bertz CT molecular complexity index is 2250. The zero-order chi connectivity index (χ0) is 36.4. The van der Waals surface area contributed by atoms with Gasteiger partial charge in [-0.2, -0.15) is 15.2 Å². The van der Waals surface area contributed by atoms with Gasteiger partial charge < -0.3 is 25.8 Å². The van der Waals surface area contributed by atoms with Crippen LogP contribution in [0.1, 0.15) is 56.2 Å². The lowest BCUT2D eigenvalue weighted by Crippen LogP contribution is -2.43. The van der Waals surface area contributed by atoms with Crippen LogP contribution in [0.15, 0.2) is 30.5 Å². The van der Waals surface area contributed by atoms with Gasteiger partial charge in [-0.05, 0) is 69.2 Å². The van der Waals surface area contributed by atoms with Crippen LogP contribution in [0.5, 0.6) is 11.8 Å². The van der Waals surface area contributed by atoms with E-state index in [1.54, 1.807) is 6.20 Å². The van der Waals surface area contributed by atoms with E-state index < -0.39 is 17.8 Å². The van der Waals surface area contributed by atoms with Crippen molar-refractivity contribution in [3.63, 3.8) is 0 Å². The minimum absolute atomic E-state index is 0.0423. The third-order valence-corrected chi connectivity index (χ3v) is 12.1. The fourth-order valence-electron chi connectivity index (χ4n) is 8.07. The molecule has 1 aliphatic carbocycles. The van der Waals surface area contributed by atoms with Gasteiger partial charge in [0.1, 0.15) is 46.8 Å². The molecule has 270 valence electrons. The molecule has 4 atom stereocenters. The quantitative estimate of drug-likeness (QED) is 0.183. The van der Waals surface area contributed by atoms with Crippen molar-refractivity contribution in [2.75, 3.05) is 43.2 Å². The highest BCUT2D eigenvalue weighted by Crippen LogP contribution is 2.53. The van der Waals surface area contributed by atoms with Crippen LogP contribution in [0.2, 0.25) is 5.02 Å². The number of thiophene rings is 1. The Labute approximate surface area is 307 Å². The molecule has 3 fully saturated rings. The highest BCUT2D eigenvalue weighted by atomic mass is 35.5. The topological polar surface area (TPSA) is 139 Å². The Balaban J connectivity index is 0.000000372. The summed E-state index contributed by atoms with van der Waals surface area (Å²) in [6, 6.07) is 8.38. The number of nitrogens with two attached hydrogens (primary N) is 2. The number of methoxy groups -OCH3 is 1. The number of anilines is 3. The first-order valence-corrected chi connectivity index (χ1v) is 18.5. The highest BCUT2D eigenvalue weighted by Gasteiger charge is 2.43. The van der Waals surface area contributed by atoms with Gasteiger partial charge in [-0.1, -0.05) is 23.7 Å². The largest absolute Gasteiger partial charge is 0.489 e. The van der Waals surface area contributed by atoms with E-state index in [0.29, 0.717) is 24.2 Å². The molecule has 0 spiro atoms. The maximum Gasteiger partial charge on any atom is 0.318 e. The average Bonchev–Trinajstić information content (AvgIpc) is 3.70. The van der Waals surface area contributed by atoms with E-state index in [0.717, 1.165) is 42.7 Å². The standard InChI is InChI=1S/C30H24ClF2N7O2S.C7H12FN/c1-12(14-4-3-9-37-27(14)35)40-18(13-5-6-13)11-42-25-21-24(38-30(41-2)39-29(21)40)23(33)20(22(25)31)15-7-8-17(32)26-19(15)16(10-34)28(36)43-26;8-6-4-7-2-1-3-9(7)5-6/h3-4,7-9,12-13,18H,5-6,11,36H2,1-2H3,(H2,35,37);6-7H,1-5H2. The van der Waals surface area contributed by atoms with E-state index in [9.17, 15) is 14.0 Å². The van der Waals surface area contributed by atoms with Crippen molar-refractivity contribution in [1.29, 1.82) is 5.26 Å². The van der Waals surface area contributed by atoms with Crippen molar-refractivity contribution in [1.82, 2.24) is 19.9 Å². The molecular formula is C37H36ClF3N8O2S. The number of aromatic nitrogens is 3. The molecule has 10 nitrogen and oxygen atoms in total. The molecule has 3 aromatic heterocycles. The number of ether oxygens (including phenoxy) is 2. The second-order valence-corrected chi connectivity index (χ2v) is 15.2. The van der Waals surface area contributed by atoms with Crippen molar-refractivity contribution in [3.05, 3.63) is 58.2 Å². The number of nitrogen functional groups attached to an aromatic ring is 2. The molecule has 0 amide bonds. The van der Waals surface area contributed by atoms with Gasteiger partial charge in [0.15, 0.2) is 11.6 Å². The molecule has 5 aromatic rings. The van der Waals surface area contributed by atoms with E-state index in [2.05, 4.69) is 19.8 Å². The fraction of sp³-hybridized carbons (Fsp3) is 0.405. The minimum atomic E-state index is -0.797. The van der Waals surface area contributed by atoms with E-state index >= 15 is 4.39 Å². The van der Waals surface area contributed by atoms with Gasteiger partial charge in [0.05, 0.1) is 39.9 Å². The van der Waals surface area contributed by atoms with Crippen molar-refractivity contribution in [3.8, 4) is 29.0 Å². The summed E-state index contributed by atoms with van der Waals surface area (Å²) in [6.07, 6.45) is 6.41. The molecule has 2 aromatic carbocycles. The van der Waals surface area contributed by atoms with E-state index in [1.165, 1.54) is 32.1 Å². The monoisotopic (exact) mass is 748 g/mol. The van der Waals surface area contributed by atoms with E-state index in [4.69, 9.17) is 37.5 Å². The fourth-order valence-corrected chi connectivity index (χ4v) is 9.36. The molecule has 2 saturated heterocycles. The Morgan fingerprint density at radius 3 is 2.67 bits per heavy atom. The number of hydrogen-bond donors (Lipinski definition) is 2. The van der Waals surface area contributed by atoms with E-state index in [1.807, 2.05) is 25.1 Å². The van der Waals surface area contributed by atoms with Gasteiger partial charge in [-0.3, -0.25) is 4.90 Å². The molecule has 1 saturated carbocycles. The molecule has 4 aliphatic rings. The second kappa shape index (κ2) is 13.4. The zero-order valence-corrected chi connectivity index (χ0v) is 30.1. The molecule has 9 rings (SSSR count). The summed E-state index contributed by atoms with van der Waals surface area (Å²) in [5.41, 5.74) is 13.2. The van der Waals surface area contributed by atoms with Gasteiger partial charge in [-0.25, -0.2) is 18.2 Å². The van der Waals surface area contributed by atoms with Crippen LogP contribution in [0.4, 0.5) is 29.8 Å². The lowest BCUT2D eigenvalue weighted by atomic mass is 9.96. The summed E-state index contributed by atoms with van der Waals surface area (Å²) in [4.78, 5) is 17.8. The number of fused-ring (bicyclic) bond motifs is 2. The smallest absolute Gasteiger partial charge is 0.318 e. The van der Waals surface area contributed by atoms with Crippen LogP contribution in [0.25, 0.3) is 32.1 Å². The molecule has 3 aliphatic heterocycles. The minimum Gasteiger partial charge on any atom is -0.489 e. The number of nitriles is 1. The van der Waals surface area contributed by atoms with Gasteiger partial charge in [0, 0.05) is 35.3 Å². The van der Waals surface area contributed by atoms with Crippen LogP contribution in [-0.2, 0) is 0 Å². The lowest BCUT2D eigenvalue weighted by molar-refractivity contribution is 0.268. The number of rotatable bonds is 5. The first kappa shape index (κ1) is 34.5. The number of benzene rings is 2. The zero-order valence-electron chi connectivity index (χ0n) is 28.5. The summed E-state index contributed by atoms with van der Waals surface area (Å²) in [5, 5.41) is 10.4. The number of pyridine rings is 1. The molecule has 0 radical (unpaired) electrons.